The molecule has 0 bridgehead atoms. The monoisotopic (exact) mass is 521 g/mol. The number of aromatic amines is 1. The predicted octanol–water partition coefficient (Wildman–Crippen LogP) is 5.34. The van der Waals surface area contributed by atoms with E-state index in [0.29, 0.717) is 28.5 Å². The van der Waals surface area contributed by atoms with Gasteiger partial charge in [-0.3, -0.25) is 5.32 Å². The average molecular weight is 522 g/mol. The number of imidazole rings is 1. The van der Waals surface area contributed by atoms with Gasteiger partial charge in [-0.05, 0) is 61.4 Å². The number of methoxy groups -OCH3 is 1. The van der Waals surface area contributed by atoms with E-state index in [9.17, 15) is 13.2 Å². The molecule has 5 rings (SSSR count). The molecule has 0 atom stereocenters. The summed E-state index contributed by atoms with van der Waals surface area (Å²) in [7, 11) is -2.49. The molecule has 0 radical (unpaired) electrons. The van der Waals surface area contributed by atoms with Crippen molar-refractivity contribution in [2.24, 2.45) is 0 Å². The second-order valence-corrected chi connectivity index (χ2v) is 10.3. The van der Waals surface area contributed by atoms with Gasteiger partial charge in [0.1, 0.15) is 16.4 Å². The number of ether oxygens (including phenoxy) is 1. The standard InChI is InChI=1S/C26H27N5O5S/c1-35-20-8-4-7-19(15-20)28-26(32)31-25-29-23-14-11-21(16-24(23)30-25)36-37(33,34)22-12-9-18(10-13-22)27-17-5-2-3-6-17/h4,7-17,27H,2-3,5-6H2,1H3,(H3,28,29,30,31,32). The van der Waals surface area contributed by atoms with Crippen molar-refractivity contribution in [2.75, 3.05) is 23.1 Å². The van der Waals surface area contributed by atoms with Crippen LogP contribution in [0, 0.1) is 0 Å². The number of hydrogen-bond donors (Lipinski definition) is 4. The molecule has 4 N–H and O–H groups in total. The van der Waals surface area contributed by atoms with Gasteiger partial charge in [0.2, 0.25) is 5.95 Å². The largest absolute Gasteiger partial charge is 0.497 e. The number of urea groups is 1. The molecule has 3 aromatic carbocycles. The van der Waals surface area contributed by atoms with Gasteiger partial charge in [0.15, 0.2) is 0 Å². The van der Waals surface area contributed by atoms with E-state index < -0.39 is 16.1 Å². The van der Waals surface area contributed by atoms with Gasteiger partial charge >= 0.3 is 16.1 Å². The van der Waals surface area contributed by atoms with Crippen LogP contribution in [-0.2, 0) is 10.1 Å². The zero-order valence-electron chi connectivity index (χ0n) is 20.2. The molecular formula is C26H27N5O5S. The van der Waals surface area contributed by atoms with Crippen molar-refractivity contribution in [3.63, 3.8) is 0 Å². The Bertz CT molecular complexity index is 1510. The first kappa shape index (κ1) is 24.4. The van der Waals surface area contributed by atoms with E-state index in [-0.39, 0.29) is 16.6 Å². The van der Waals surface area contributed by atoms with Crippen LogP contribution in [0.2, 0.25) is 0 Å². The maximum atomic E-state index is 12.8. The van der Waals surface area contributed by atoms with Crippen molar-refractivity contribution < 1.29 is 22.1 Å². The second-order valence-electron chi connectivity index (χ2n) is 8.76. The fraction of sp³-hybridized carbons (Fsp3) is 0.231. The van der Waals surface area contributed by atoms with Crippen LogP contribution >= 0.6 is 0 Å². The second kappa shape index (κ2) is 10.4. The SMILES string of the molecule is COc1cccc(NC(=O)Nc2nc3cc(OS(=O)(=O)c4ccc(NC5CCCC5)cc4)ccc3[nH]2)c1. The highest BCUT2D eigenvalue weighted by atomic mass is 32.2. The number of aromatic nitrogens is 2. The molecule has 0 aliphatic heterocycles. The van der Waals surface area contributed by atoms with E-state index in [0.717, 1.165) is 18.5 Å². The lowest BCUT2D eigenvalue weighted by atomic mass is 10.2. The van der Waals surface area contributed by atoms with Crippen LogP contribution in [0.3, 0.4) is 0 Å². The molecule has 4 aromatic rings. The lowest BCUT2D eigenvalue weighted by Gasteiger charge is -2.14. The highest BCUT2D eigenvalue weighted by Crippen LogP contribution is 2.26. The number of carbonyl (C=O) groups is 1. The van der Waals surface area contributed by atoms with Crippen molar-refractivity contribution in [3.05, 3.63) is 66.7 Å². The van der Waals surface area contributed by atoms with E-state index in [4.69, 9.17) is 8.92 Å². The maximum Gasteiger partial charge on any atom is 0.339 e. The lowest BCUT2D eigenvalue weighted by molar-refractivity contribution is 0.262. The minimum atomic E-state index is -4.03. The van der Waals surface area contributed by atoms with E-state index in [1.807, 2.05) is 0 Å². The molecular weight excluding hydrogens is 494 g/mol. The van der Waals surface area contributed by atoms with Gasteiger partial charge in [0.05, 0.1) is 18.1 Å². The predicted molar refractivity (Wildman–Crippen MR) is 142 cm³/mol. The number of benzene rings is 3. The van der Waals surface area contributed by atoms with Gasteiger partial charge < -0.3 is 24.5 Å². The minimum Gasteiger partial charge on any atom is -0.497 e. The van der Waals surface area contributed by atoms with Crippen LogP contribution in [-0.4, -0.2) is 37.6 Å². The highest BCUT2D eigenvalue weighted by Gasteiger charge is 2.19. The molecule has 1 fully saturated rings. The Hall–Kier alpha value is -4.25. The van der Waals surface area contributed by atoms with Crippen LogP contribution in [0.15, 0.2) is 71.6 Å². The van der Waals surface area contributed by atoms with E-state index >= 15 is 0 Å². The van der Waals surface area contributed by atoms with Gasteiger partial charge in [-0.15, -0.1) is 0 Å². The summed E-state index contributed by atoms with van der Waals surface area (Å²) in [5.41, 5.74) is 2.47. The third kappa shape index (κ3) is 5.95. The van der Waals surface area contributed by atoms with E-state index in [2.05, 4.69) is 25.9 Å². The summed E-state index contributed by atoms with van der Waals surface area (Å²) in [5, 5.41) is 8.75. The van der Waals surface area contributed by atoms with Gasteiger partial charge in [-0.2, -0.15) is 8.42 Å². The Morgan fingerprint density at radius 3 is 2.49 bits per heavy atom. The molecule has 37 heavy (non-hydrogen) atoms. The number of hydrogen-bond acceptors (Lipinski definition) is 7. The number of rotatable bonds is 8. The first-order valence-electron chi connectivity index (χ1n) is 11.9. The van der Waals surface area contributed by atoms with Crippen LogP contribution in [0.25, 0.3) is 11.0 Å². The number of fused-ring (bicyclic) bond motifs is 1. The smallest absolute Gasteiger partial charge is 0.339 e. The Labute approximate surface area is 214 Å². The lowest BCUT2D eigenvalue weighted by Crippen LogP contribution is -2.20. The van der Waals surface area contributed by atoms with Crippen LogP contribution in [0.5, 0.6) is 11.5 Å². The van der Waals surface area contributed by atoms with Crippen molar-refractivity contribution in [3.8, 4) is 11.5 Å². The first-order valence-corrected chi connectivity index (χ1v) is 13.3. The fourth-order valence-electron chi connectivity index (χ4n) is 4.27. The fourth-order valence-corrected chi connectivity index (χ4v) is 5.19. The third-order valence-electron chi connectivity index (χ3n) is 6.09. The summed E-state index contributed by atoms with van der Waals surface area (Å²) in [6.07, 6.45) is 4.69. The number of carbonyl (C=O) groups excluding carboxylic acids is 1. The number of amides is 2. The molecule has 11 heteroatoms. The normalized spacial score (nSPS) is 13.9. The molecule has 1 aliphatic carbocycles. The average Bonchev–Trinajstić information content (AvgIpc) is 3.53. The summed E-state index contributed by atoms with van der Waals surface area (Å²) >= 11 is 0. The Morgan fingerprint density at radius 2 is 1.73 bits per heavy atom. The third-order valence-corrected chi connectivity index (χ3v) is 7.35. The van der Waals surface area contributed by atoms with Crippen molar-refractivity contribution >= 4 is 44.5 Å². The number of nitrogens with one attached hydrogen (secondary N) is 4. The molecule has 2 amide bonds. The van der Waals surface area contributed by atoms with E-state index in [1.165, 1.54) is 37.1 Å². The summed E-state index contributed by atoms with van der Waals surface area (Å²) in [5.74, 6) is 0.918. The van der Waals surface area contributed by atoms with Crippen molar-refractivity contribution in [2.45, 2.75) is 36.6 Å². The summed E-state index contributed by atoms with van der Waals surface area (Å²) < 4.78 is 36.1. The molecule has 10 nitrogen and oxygen atoms in total. The Kier molecular flexibility index (Phi) is 6.87. The summed E-state index contributed by atoms with van der Waals surface area (Å²) in [4.78, 5) is 19.7. The zero-order chi connectivity index (χ0) is 25.8. The molecule has 1 aliphatic rings. The van der Waals surface area contributed by atoms with Crippen LogP contribution < -0.4 is 24.9 Å². The number of anilines is 3. The summed E-state index contributed by atoms with van der Waals surface area (Å²) in [6, 6.07) is 18.1. The Morgan fingerprint density at radius 1 is 0.946 bits per heavy atom. The number of H-pyrrole nitrogens is 1. The molecule has 1 heterocycles. The van der Waals surface area contributed by atoms with Gasteiger partial charge in [0, 0.05) is 29.5 Å². The molecule has 1 aromatic heterocycles. The first-order chi connectivity index (χ1) is 17.9. The summed E-state index contributed by atoms with van der Waals surface area (Å²) in [6.45, 7) is 0. The molecule has 1 saturated carbocycles. The Balaban J connectivity index is 1.24. The topological polar surface area (TPSA) is 134 Å². The van der Waals surface area contributed by atoms with Gasteiger partial charge in [-0.25, -0.2) is 9.78 Å². The van der Waals surface area contributed by atoms with Gasteiger partial charge in [-0.1, -0.05) is 18.9 Å². The molecule has 0 saturated heterocycles. The van der Waals surface area contributed by atoms with Crippen LogP contribution in [0.1, 0.15) is 25.7 Å². The highest BCUT2D eigenvalue weighted by molar-refractivity contribution is 7.87. The van der Waals surface area contributed by atoms with E-state index in [1.54, 1.807) is 49.6 Å². The number of nitrogens with zero attached hydrogens (tertiary/aromatic N) is 1. The zero-order valence-corrected chi connectivity index (χ0v) is 21.0. The van der Waals surface area contributed by atoms with Crippen molar-refractivity contribution in [1.29, 1.82) is 0 Å². The van der Waals surface area contributed by atoms with Crippen LogP contribution in [0.4, 0.5) is 22.1 Å². The van der Waals surface area contributed by atoms with Crippen molar-refractivity contribution in [1.82, 2.24) is 9.97 Å². The molecule has 192 valence electrons. The maximum absolute atomic E-state index is 12.8. The molecule has 0 unspecified atom stereocenters. The quantitative estimate of drug-likeness (QED) is 0.230. The van der Waals surface area contributed by atoms with Gasteiger partial charge in [0.25, 0.3) is 0 Å². The minimum absolute atomic E-state index is 0.0585. The molecule has 0 spiro atoms.